The largest absolute Gasteiger partial charge is 0.469 e. The van der Waals surface area contributed by atoms with Crippen molar-refractivity contribution >= 4 is 16.9 Å². The summed E-state index contributed by atoms with van der Waals surface area (Å²) in [7, 11) is 1.40. The first-order chi connectivity index (χ1) is 15.6. The Morgan fingerprint density at radius 2 is 1.84 bits per heavy atom. The Kier molecular flexibility index (Phi) is 5.37. The summed E-state index contributed by atoms with van der Waals surface area (Å²) in [6, 6.07) is 22.0. The number of hydrogen-bond acceptors (Lipinski definition) is 5. The van der Waals surface area contributed by atoms with E-state index in [4.69, 9.17) is 13.9 Å². The summed E-state index contributed by atoms with van der Waals surface area (Å²) in [5, 5.41) is 0.839. The molecule has 0 unspecified atom stereocenters. The van der Waals surface area contributed by atoms with Gasteiger partial charge >= 0.3 is 5.97 Å². The first kappa shape index (κ1) is 20.3. The van der Waals surface area contributed by atoms with E-state index in [2.05, 4.69) is 4.90 Å². The third-order valence-corrected chi connectivity index (χ3v) is 5.66. The van der Waals surface area contributed by atoms with Crippen LogP contribution >= 0.6 is 0 Å². The number of esters is 1. The van der Waals surface area contributed by atoms with Crippen molar-refractivity contribution < 1.29 is 23.1 Å². The average molecular weight is 431 g/mol. The number of nitrogens with zero attached hydrogens (tertiary/aromatic N) is 1. The van der Waals surface area contributed by atoms with Gasteiger partial charge in [0, 0.05) is 25.0 Å². The summed E-state index contributed by atoms with van der Waals surface area (Å²) in [6.07, 6.45) is 0. The van der Waals surface area contributed by atoms with Crippen molar-refractivity contribution in [2.45, 2.75) is 6.54 Å². The molecule has 0 spiro atoms. The molecule has 2 heterocycles. The topological polar surface area (TPSA) is 51.9 Å². The molecular weight excluding hydrogens is 409 g/mol. The molecule has 0 saturated carbocycles. The highest BCUT2D eigenvalue weighted by Gasteiger charge is 2.33. The zero-order chi connectivity index (χ0) is 22.1. The summed E-state index contributed by atoms with van der Waals surface area (Å²) in [5.41, 5.74) is 1.93. The van der Waals surface area contributed by atoms with Crippen LogP contribution in [0.5, 0.6) is 11.5 Å². The van der Waals surface area contributed by atoms with Crippen molar-refractivity contribution in [2.24, 2.45) is 5.92 Å². The first-order valence-electron chi connectivity index (χ1n) is 10.4. The molecule has 1 aliphatic rings. The number of ether oxygens (including phenoxy) is 2. The maximum absolute atomic E-state index is 14.9. The molecule has 3 aromatic carbocycles. The van der Waals surface area contributed by atoms with Gasteiger partial charge in [0.1, 0.15) is 28.7 Å². The molecule has 0 amide bonds. The number of carbonyl (C=O) groups excluding carboxylic acids is 1. The van der Waals surface area contributed by atoms with E-state index in [1.807, 2.05) is 60.7 Å². The summed E-state index contributed by atoms with van der Waals surface area (Å²) >= 11 is 0. The van der Waals surface area contributed by atoms with Crippen molar-refractivity contribution in [3.05, 3.63) is 84.2 Å². The summed E-state index contributed by atoms with van der Waals surface area (Å²) in [4.78, 5) is 13.6. The molecule has 0 N–H and O–H groups in total. The average Bonchev–Trinajstić information content (AvgIpc) is 3.19. The number of methoxy groups -OCH3 is 1. The lowest BCUT2D eigenvalue weighted by Gasteiger charge is -2.37. The Hall–Kier alpha value is -3.64. The Bertz CT molecular complexity index is 1260. The van der Waals surface area contributed by atoms with E-state index in [1.165, 1.54) is 13.2 Å². The SMILES string of the molecule is COC(=O)C1CN(Cc2ccc(-c3cc4cc(Oc5ccccc5)ccc4o3)c(F)c2)C1. The number of para-hydroxylation sites is 1. The predicted octanol–water partition coefficient (Wildman–Crippen LogP) is 5.64. The minimum absolute atomic E-state index is 0.0876. The van der Waals surface area contributed by atoms with Crippen LogP contribution in [0.15, 0.2) is 77.2 Å². The van der Waals surface area contributed by atoms with E-state index in [0.717, 1.165) is 16.7 Å². The quantitative estimate of drug-likeness (QED) is 0.370. The van der Waals surface area contributed by atoms with Gasteiger partial charge in [-0.05, 0) is 54.1 Å². The van der Waals surface area contributed by atoms with Gasteiger partial charge in [0.05, 0.1) is 18.6 Å². The molecule has 32 heavy (non-hydrogen) atoms. The fourth-order valence-electron chi connectivity index (χ4n) is 3.97. The maximum Gasteiger partial charge on any atom is 0.311 e. The first-order valence-corrected chi connectivity index (χ1v) is 10.4. The van der Waals surface area contributed by atoms with E-state index in [9.17, 15) is 9.18 Å². The lowest BCUT2D eigenvalue weighted by molar-refractivity contribution is -0.151. The van der Waals surface area contributed by atoms with Crippen molar-refractivity contribution in [3.63, 3.8) is 0 Å². The van der Waals surface area contributed by atoms with Gasteiger partial charge in [0.15, 0.2) is 0 Å². The lowest BCUT2D eigenvalue weighted by Crippen LogP contribution is -2.49. The standard InChI is InChI=1S/C26H22FNO4/c1-30-26(29)19-15-28(16-19)14-17-7-9-22(23(27)11-17)25-13-18-12-21(8-10-24(18)32-25)31-20-5-3-2-4-6-20/h2-13,19H,14-16H2,1H3. The number of likely N-dealkylation sites (tertiary alicyclic amines) is 1. The van der Waals surface area contributed by atoms with Crippen molar-refractivity contribution in [3.8, 4) is 22.8 Å². The molecule has 6 heteroatoms. The van der Waals surface area contributed by atoms with Crippen LogP contribution in [0.3, 0.4) is 0 Å². The minimum Gasteiger partial charge on any atom is -0.469 e. The van der Waals surface area contributed by atoms with Gasteiger partial charge in [0.25, 0.3) is 0 Å². The summed E-state index contributed by atoms with van der Waals surface area (Å²) < 4.78 is 31.4. The fourth-order valence-corrected chi connectivity index (χ4v) is 3.97. The van der Waals surface area contributed by atoms with Gasteiger partial charge in [0.2, 0.25) is 0 Å². The highest BCUT2D eigenvalue weighted by atomic mass is 19.1. The number of fused-ring (bicyclic) bond motifs is 1. The van der Waals surface area contributed by atoms with E-state index in [0.29, 0.717) is 42.3 Å². The van der Waals surface area contributed by atoms with Gasteiger partial charge in [-0.3, -0.25) is 9.69 Å². The second-order valence-corrected chi connectivity index (χ2v) is 7.95. The van der Waals surface area contributed by atoms with Crippen molar-refractivity contribution in [1.82, 2.24) is 4.90 Å². The van der Waals surface area contributed by atoms with Crippen LogP contribution in [0.2, 0.25) is 0 Å². The Morgan fingerprint density at radius 3 is 2.59 bits per heavy atom. The van der Waals surface area contributed by atoms with E-state index >= 15 is 0 Å². The number of hydrogen-bond donors (Lipinski definition) is 0. The Morgan fingerprint density at radius 1 is 1.03 bits per heavy atom. The number of rotatable bonds is 6. The van der Waals surface area contributed by atoms with Crippen molar-refractivity contribution in [1.29, 1.82) is 0 Å². The zero-order valence-electron chi connectivity index (χ0n) is 17.6. The van der Waals surface area contributed by atoms with Crippen LogP contribution in [0.25, 0.3) is 22.3 Å². The van der Waals surface area contributed by atoms with Gasteiger partial charge < -0.3 is 13.9 Å². The van der Waals surface area contributed by atoms with Crippen LogP contribution < -0.4 is 4.74 Å². The molecule has 0 atom stereocenters. The molecule has 1 aromatic heterocycles. The Balaban J connectivity index is 1.31. The normalized spacial score (nSPS) is 14.3. The molecule has 5 rings (SSSR count). The van der Waals surface area contributed by atoms with E-state index in [1.54, 1.807) is 6.07 Å². The lowest BCUT2D eigenvalue weighted by atomic mass is 9.99. The predicted molar refractivity (Wildman–Crippen MR) is 119 cm³/mol. The van der Waals surface area contributed by atoms with Crippen LogP contribution in [0, 0.1) is 11.7 Å². The van der Waals surface area contributed by atoms with Gasteiger partial charge in [-0.2, -0.15) is 0 Å². The minimum atomic E-state index is -0.340. The summed E-state index contributed by atoms with van der Waals surface area (Å²) in [5.74, 6) is 1.28. The smallest absolute Gasteiger partial charge is 0.311 e. The third-order valence-electron chi connectivity index (χ3n) is 5.66. The zero-order valence-corrected chi connectivity index (χ0v) is 17.6. The van der Waals surface area contributed by atoms with E-state index < -0.39 is 0 Å². The molecule has 1 saturated heterocycles. The monoisotopic (exact) mass is 431 g/mol. The van der Waals surface area contributed by atoms with Crippen molar-refractivity contribution in [2.75, 3.05) is 20.2 Å². The van der Waals surface area contributed by atoms with Crippen LogP contribution in [0.1, 0.15) is 5.56 Å². The van der Waals surface area contributed by atoms with Crippen LogP contribution in [-0.4, -0.2) is 31.1 Å². The highest BCUT2D eigenvalue weighted by molar-refractivity contribution is 5.84. The second kappa shape index (κ2) is 8.48. The number of furan rings is 1. The molecule has 1 aliphatic heterocycles. The van der Waals surface area contributed by atoms with Gasteiger partial charge in [-0.1, -0.05) is 24.3 Å². The Labute approximate surface area is 185 Å². The molecule has 1 fully saturated rings. The van der Waals surface area contributed by atoms with Crippen LogP contribution in [0.4, 0.5) is 4.39 Å². The number of halogens is 1. The van der Waals surface area contributed by atoms with Crippen LogP contribution in [-0.2, 0) is 16.1 Å². The third kappa shape index (κ3) is 4.09. The molecule has 0 aliphatic carbocycles. The summed E-state index contributed by atoms with van der Waals surface area (Å²) in [6.45, 7) is 1.85. The number of benzene rings is 3. The molecule has 162 valence electrons. The molecule has 0 radical (unpaired) electrons. The maximum atomic E-state index is 14.9. The molecule has 0 bridgehead atoms. The molecule has 5 nitrogen and oxygen atoms in total. The second-order valence-electron chi connectivity index (χ2n) is 7.95. The highest BCUT2D eigenvalue weighted by Crippen LogP contribution is 2.33. The molecule has 4 aromatic rings. The van der Waals surface area contributed by atoms with E-state index in [-0.39, 0.29) is 17.7 Å². The number of carbonyl (C=O) groups is 1. The van der Waals surface area contributed by atoms with Gasteiger partial charge in [-0.15, -0.1) is 0 Å². The fraction of sp³-hybridized carbons (Fsp3) is 0.192. The molecular formula is C26H22FNO4. The van der Waals surface area contributed by atoms with Gasteiger partial charge in [-0.25, -0.2) is 4.39 Å².